The van der Waals surface area contributed by atoms with Gasteiger partial charge >= 0.3 is 6.09 Å². The van der Waals surface area contributed by atoms with Gasteiger partial charge in [0.15, 0.2) is 0 Å². The van der Waals surface area contributed by atoms with Crippen molar-refractivity contribution in [3.8, 4) is 5.88 Å². The third-order valence-electron chi connectivity index (χ3n) is 3.84. The highest BCUT2D eigenvalue weighted by atomic mass is 79.9. The molecule has 0 aliphatic carbocycles. The normalized spacial score (nSPS) is 22.6. The molecule has 0 N–H and O–H groups in total. The lowest BCUT2D eigenvalue weighted by Crippen LogP contribution is -2.36. The number of pyridine rings is 1. The Kier molecular flexibility index (Phi) is 5.15. The van der Waals surface area contributed by atoms with Crippen molar-refractivity contribution < 1.29 is 19.0 Å². The number of carbonyl (C=O) groups is 1. The fourth-order valence-corrected chi connectivity index (χ4v) is 2.97. The van der Waals surface area contributed by atoms with E-state index >= 15 is 0 Å². The minimum Gasteiger partial charge on any atom is -0.472 e. The predicted molar refractivity (Wildman–Crippen MR) is 82.9 cm³/mol. The molecule has 22 heavy (non-hydrogen) atoms. The van der Waals surface area contributed by atoms with Crippen LogP contribution in [0.15, 0.2) is 22.8 Å². The van der Waals surface area contributed by atoms with Crippen molar-refractivity contribution in [3.63, 3.8) is 0 Å². The van der Waals surface area contributed by atoms with Gasteiger partial charge in [0.2, 0.25) is 5.88 Å². The maximum Gasteiger partial charge on any atom is 0.410 e. The number of halogens is 1. The van der Waals surface area contributed by atoms with E-state index in [0.717, 1.165) is 23.7 Å². The Hall–Kier alpha value is -1.34. The highest BCUT2D eigenvalue weighted by molar-refractivity contribution is 9.10. The van der Waals surface area contributed by atoms with Crippen LogP contribution in [0.2, 0.25) is 0 Å². The summed E-state index contributed by atoms with van der Waals surface area (Å²) in [6.45, 7) is 2.51. The summed E-state index contributed by atoms with van der Waals surface area (Å²) >= 11 is 3.41. The van der Waals surface area contributed by atoms with Crippen LogP contribution >= 0.6 is 15.9 Å². The Morgan fingerprint density at radius 1 is 1.32 bits per heavy atom. The summed E-state index contributed by atoms with van der Waals surface area (Å²) < 4.78 is 17.5. The molecule has 3 rings (SSSR count). The van der Waals surface area contributed by atoms with Gasteiger partial charge in [0, 0.05) is 32.0 Å². The highest BCUT2D eigenvalue weighted by Crippen LogP contribution is 2.25. The summed E-state index contributed by atoms with van der Waals surface area (Å²) in [4.78, 5) is 18.1. The molecule has 0 bridgehead atoms. The zero-order valence-corrected chi connectivity index (χ0v) is 13.8. The summed E-state index contributed by atoms with van der Waals surface area (Å²) in [5.41, 5.74) is 0. The fraction of sp³-hybridized carbons (Fsp3) is 0.600. The molecule has 1 amide bonds. The molecule has 0 spiro atoms. The van der Waals surface area contributed by atoms with Gasteiger partial charge in [-0.15, -0.1) is 0 Å². The van der Waals surface area contributed by atoms with Gasteiger partial charge in [0.05, 0.1) is 24.2 Å². The number of aromatic nitrogens is 1. The maximum absolute atomic E-state index is 12.2. The molecule has 1 atom stereocenters. The van der Waals surface area contributed by atoms with Crippen molar-refractivity contribution in [2.45, 2.75) is 31.5 Å². The van der Waals surface area contributed by atoms with Crippen LogP contribution in [0.25, 0.3) is 0 Å². The van der Waals surface area contributed by atoms with Crippen molar-refractivity contribution in [2.24, 2.45) is 0 Å². The molecule has 120 valence electrons. The van der Waals surface area contributed by atoms with Crippen molar-refractivity contribution >= 4 is 22.0 Å². The van der Waals surface area contributed by atoms with Crippen LogP contribution in [0.1, 0.15) is 19.3 Å². The van der Waals surface area contributed by atoms with E-state index in [2.05, 4.69) is 20.9 Å². The predicted octanol–water partition coefficient (Wildman–Crippen LogP) is 2.61. The van der Waals surface area contributed by atoms with Gasteiger partial charge in [0.25, 0.3) is 0 Å². The van der Waals surface area contributed by atoms with Gasteiger partial charge in [-0.3, -0.25) is 0 Å². The average Bonchev–Trinajstić information content (AvgIpc) is 2.99. The number of rotatable bonds is 3. The Morgan fingerprint density at radius 2 is 2.14 bits per heavy atom. The average molecular weight is 371 g/mol. The van der Waals surface area contributed by atoms with Crippen LogP contribution in [0.4, 0.5) is 4.79 Å². The number of hydrogen-bond donors (Lipinski definition) is 0. The van der Waals surface area contributed by atoms with E-state index in [1.807, 2.05) is 12.1 Å². The van der Waals surface area contributed by atoms with Gasteiger partial charge in [0.1, 0.15) is 12.2 Å². The third kappa shape index (κ3) is 3.89. The quantitative estimate of drug-likeness (QED) is 0.818. The van der Waals surface area contributed by atoms with Crippen LogP contribution in [-0.2, 0) is 9.47 Å². The molecule has 2 saturated heterocycles. The molecule has 2 aliphatic heterocycles. The van der Waals surface area contributed by atoms with Crippen LogP contribution in [-0.4, -0.2) is 54.5 Å². The third-order valence-corrected chi connectivity index (χ3v) is 4.45. The molecule has 2 aliphatic rings. The van der Waals surface area contributed by atoms with E-state index in [1.165, 1.54) is 0 Å². The summed E-state index contributed by atoms with van der Waals surface area (Å²) in [5, 5.41) is 0. The first-order valence-electron chi connectivity index (χ1n) is 7.53. The molecule has 6 nitrogen and oxygen atoms in total. The van der Waals surface area contributed by atoms with Crippen LogP contribution < -0.4 is 4.74 Å². The van der Waals surface area contributed by atoms with E-state index < -0.39 is 0 Å². The number of nitrogens with zero attached hydrogens (tertiary/aromatic N) is 2. The Labute approximate surface area is 137 Å². The zero-order valence-electron chi connectivity index (χ0n) is 12.2. The first kappa shape index (κ1) is 15.6. The molecule has 3 heterocycles. The summed E-state index contributed by atoms with van der Waals surface area (Å²) in [5.74, 6) is 0.562. The topological polar surface area (TPSA) is 60.9 Å². The number of ether oxygens (including phenoxy) is 3. The Morgan fingerprint density at radius 3 is 2.91 bits per heavy atom. The second-order valence-corrected chi connectivity index (χ2v) is 6.31. The van der Waals surface area contributed by atoms with Crippen LogP contribution in [0.5, 0.6) is 5.88 Å². The van der Waals surface area contributed by atoms with Gasteiger partial charge in [-0.25, -0.2) is 9.78 Å². The van der Waals surface area contributed by atoms with E-state index in [9.17, 15) is 4.79 Å². The van der Waals surface area contributed by atoms with Crippen molar-refractivity contribution in [2.75, 3.05) is 26.3 Å². The van der Waals surface area contributed by atoms with Gasteiger partial charge in [-0.2, -0.15) is 0 Å². The van der Waals surface area contributed by atoms with Gasteiger partial charge in [-0.05, 0) is 28.1 Å². The summed E-state index contributed by atoms with van der Waals surface area (Å²) in [7, 11) is 0. The lowest BCUT2D eigenvalue weighted by molar-refractivity contribution is -0.00899. The molecule has 0 unspecified atom stereocenters. The molecular formula is C15H19BrN2O4. The second kappa shape index (κ2) is 7.28. The van der Waals surface area contributed by atoms with Crippen LogP contribution in [0, 0.1) is 0 Å². The molecule has 2 fully saturated rings. The number of amides is 1. The smallest absolute Gasteiger partial charge is 0.410 e. The minimum absolute atomic E-state index is 0.0221. The second-order valence-electron chi connectivity index (χ2n) is 5.46. The standard InChI is InChI=1S/C15H19BrN2O4/c16-13-2-1-6-17-14(13)21-12-3-7-18(10-12)15(19)22-11-4-8-20-9-5-11/h1-2,6,11-12H,3-5,7-10H2/t12-/m1/s1. The lowest BCUT2D eigenvalue weighted by Gasteiger charge is -2.25. The first-order valence-corrected chi connectivity index (χ1v) is 8.32. The molecule has 0 saturated carbocycles. The van der Waals surface area contributed by atoms with Crippen molar-refractivity contribution in [1.82, 2.24) is 9.88 Å². The minimum atomic E-state index is -0.252. The molecular weight excluding hydrogens is 352 g/mol. The van der Waals surface area contributed by atoms with E-state index in [1.54, 1.807) is 11.1 Å². The molecule has 1 aromatic rings. The lowest BCUT2D eigenvalue weighted by atomic mass is 10.2. The number of likely N-dealkylation sites (tertiary alicyclic amines) is 1. The Balaban J connectivity index is 1.49. The van der Waals surface area contributed by atoms with Crippen molar-refractivity contribution in [3.05, 3.63) is 22.8 Å². The maximum atomic E-state index is 12.2. The Bertz CT molecular complexity index is 522. The largest absolute Gasteiger partial charge is 0.472 e. The SMILES string of the molecule is O=C(OC1CCOCC1)N1CC[C@@H](Oc2ncccc2Br)C1. The molecule has 0 aromatic carbocycles. The summed E-state index contributed by atoms with van der Waals surface area (Å²) in [6, 6.07) is 3.72. The fourth-order valence-electron chi connectivity index (χ4n) is 2.62. The first-order chi connectivity index (χ1) is 10.7. The molecule has 0 radical (unpaired) electrons. The monoisotopic (exact) mass is 370 g/mol. The van der Waals surface area contributed by atoms with Crippen molar-refractivity contribution in [1.29, 1.82) is 0 Å². The van der Waals surface area contributed by atoms with Gasteiger partial charge < -0.3 is 19.1 Å². The van der Waals surface area contributed by atoms with E-state index in [-0.39, 0.29) is 18.3 Å². The molecule has 7 heteroatoms. The van der Waals surface area contributed by atoms with E-state index in [4.69, 9.17) is 14.2 Å². The highest BCUT2D eigenvalue weighted by Gasteiger charge is 2.31. The zero-order chi connectivity index (χ0) is 15.4. The van der Waals surface area contributed by atoms with Crippen LogP contribution in [0.3, 0.4) is 0 Å². The summed E-state index contributed by atoms with van der Waals surface area (Å²) in [6.07, 6.45) is 3.71. The number of hydrogen-bond acceptors (Lipinski definition) is 5. The molecule has 1 aromatic heterocycles. The number of carbonyl (C=O) groups excluding carboxylic acids is 1. The van der Waals surface area contributed by atoms with Gasteiger partial charge in [-0.1, -0.05) is 0 Å². The van der Waals surface area contributed by atoms with E-state index in [0.29, 0.717) is 32.2 Å².